The number of carbonyl (C=O) groups excluding carboxylic acids is 1. The van der Waals surface area contributed by atoms with E-state index >= 15 is 0 Å². The van der Waals surface area contributed by atoms with Gasteiger partial charge in [-0.3, -0.25) is 4.79 Å². The van der Waals surface area contributed by atoms with E-state index in [2.05, 4.69) is 15.3 Å². The van der Waals surface area contributed by atoms with Crippen LogP contribution in [-0.4, -0.2) is 22.5 Å². The number of nitrogens with zero attached hydrogens (tertiary/aromatic N) is 2. The first-order valence-electron chi connectivity index (χ1n) is 8.41. The molecular weight excluding hydrogens is 326 g/mol. The molecule has 1 heterocycles. The molecule has 132 valence electrons. The van der Waals surface area contributed by atoms with Crippen LogP contribution in [0.5, 0.6) is 5.88 Å². The third-order valence-electron chi connectivity index (χ3n) is 3.79. The summed E-state index contributed by atoms with van der Waals surface area (Å²) in [7, 11) is 0. The Labute approximate surface area is 153 Å². The van der Waals surface area contributed by atoms with Crippen LogP contribution in [0.2, 0.25) is 0 Å². The first kappa shape index (κ1) is 17.6. The molecule has 0 spiro atoms. The molecule has 0 atom stereocenters. The average Bonchev–Trinajstić information content (AvgIpc) is 2.60. The maximum absolute atomic E-state index is 12.1. The molecule has 0 bridgehead atoms. The number of aromatic nitrogens is 2. The van der Waals surface area contributed by atoms with Gasteiger partial charge in [0.05, 0.1) is 0 Å². The zero-order chi connectivity index (χ0) is 18.5. The number of hydrogen-bond donors (Lipinski definition) is 1. The second kappa shape index (κ2) is 7.78. The molecule has 1 aromatic heterocycles. The molecule has 3 rings (SSSR count). The number of amides is 1. The van der Waals surface area contributed by atoms with Gasteiger partial charge in [0, 0.05) is 23.0 Å². The van der Waals surface area contributed by atoms with Crippen molar-refractivity contribution in [3.8, 4) is 17.3 Å². The molecule has 0 aliphatic rings. The summed E-state index contributed by atoms with van der Waals surface area (Å²) in [5, 5.41) is 2.81. The molecule has 1 N–H and O–H groups in total. The standard InChI is InChI=1S/C21H21N3O2/c1-14-7-9-17(10-8-14)21-22-16(3)12-20(24-21)26-13-19(25)23-18-6-4-5-15(2)11-18/h4-12H,13H2,1-3H3,(H,23,25). The van der Waals surface area contributed by atoms with Gasteiger partial charge in [0.25, 0.3) is 5.91 Å². The zero-order valence-electron chi connectivity index (χ0n) is 15.1. The van der Waals surface area contributed by atoms with Crippen LogP contribution in [-0.2, 0) is 4.79 Å². The lowest BCUT2D eigenvalue weighted by Gasteiger charge is -2.09. The minimum Gasteiger partial charge on any atom is -0.467 e. The number of rotatable bonds is 5. The summed E-state index contributed by atoms with van der Waals surface area (Å²) >= 11 is 0. The molecular formula is C21H21N3O2. The van der Waals surface area contributed by atoms with E-state index in [1.165, 1.54) is 5.56 Å². The van der Waals surface area contributed by atoms with Gasteiger partial charge in [-0.05, 0) is 38.5 Å². The van der Waals surface area contributed by atoms with Gasteiger partial charge in [-0.25, -0.2) is 4.98 Å². The highest BCUT2D eigenvalue weighted by Gasteiger charge is 2.09. The van der Waals surface area contributed by atoms with E-state index in [0.29, 0.717) is 11.7 Å². The molecule has 1 amide bonds. The third-order valence-corrected chi connectivity index (χ3v) is 3.79. The highest BCUT2D eigenvalue weighted by atomic mass is 16.5. The molecule has 5 heteroatoms. The topological polar surface area (TPSA) is 64.1 Å². The molecule has 0 fully saturated rings. The van der Waals surface area contributed by atoms with Gasteiger partial charge in [0.1, 0.15) is 0 Å². The van der Waals surface area contributed by atoms with Gasteiger partial charge in [0.15, 0.2) is 12.4 Å². The fourth-order valence-corrected chi connectivity index (χ4v) is 2.50. The van der Waals surface area contributed by atoms with E-state index in [1.54, 1.807) is 6.07 Å². The van der Waals surface area contributed by atoms with E-state index in [0.717, 1.165) is 22.5 Å². The minimum absolute atomic E-state index is 0.113. The average molecular weight is 347 g/mol. The van der Waals surface area contributed by atoms with E-state index in [4.69, 9.17) is 4.74 Å². The Morgan fingerprint density at radius 2 is 1.73 bits per heavy atom. The number of carbonyl (C=O) groups is 1. The van der Waals surface area contributed by atoms with Crippen molar-refractivity contribution in [3.63, 3.8) is 0 Å². The maximum atomic E-state index is 12.1. The van der Waals surface area contributed by atoms with Crippen molar-refractivity contribution >= 4 is 11.6 Å². The highest BCUT2D eigenvalue weighted by Crippen LogP contribution is 2.19. The first-order chi connectivity index (χ1) is 12.5. The normalized spacial score (nSPS) is 10.4. The van der Waals surface area contributed by atoms with E-state index < -0.39 is 0 Å². The summed E-state index contributed by atoms with van der Waals surface area (Å²) in [6.07, 6.45) is 0. The van der Waals surface area contributed by atoms with Crippen LogP contribution in [0.4, 0.5) is 5.69 Å². The predicted molar refractivity (Wildman–Crippen MR) is 102 cm³/mol. The van der Waals surface area contributed by atoms with Crippen molar-refractivity contribution in [3.05, 3.63) is 71.4 Å². The van der Waals surface area contributed by atoms with Crippen molar-refractivity contribution in [2.75, 3.05) is 11.9 Å². The number of ether oxygens (including phenoxy) is 1. The highest BCUT2D eigenvalue weighted by molar-refractivity contribution is 5.91. The number of hydrogen-bond acceptors (Lipinski definition) is 4. The predicted octanol–water partition coefficient (Wildman–Crippen LogP) is 4.09. The summed E-state index contributed by atoms with van der Waals surface area (Å²) < 4.78 is 5.57. The van der Waals surface area contributed by atoms with Crippen LogP contribution >= 0.6 is 0 Å². The van der Waals surface area contributed by atoms with Gasteiger partial charge < -0.3 is 10.1 Å². The first-order valence-corrected chi connectivity index (χ1v) is 8.41. The van der Waals surface area contributed by atoms with Crippen molar-refractivity contribution < 1.29 is 9.53 Å². The van der Waals surface area contributed by atoms with Crippen LogP contribution in [0, 0.1) is 20.8 Å². The lowest BCUT2D eigenvalue weighted by Crippen LogP contribution is -2.20. The minimum atomic E-state index is -0.233. The smallest absolute Gasteiger partial charge is 0.262 e. The molecule has 3 aromatic rings. The number of anilines is 1. The Bertz CT molecular complexity index is 921. The summed E-state index contributed by atoms with van der Waals surface area (Å²) in [4.78, 5) is 21.0. The largest absolute Gasteiger partial charge is 0.467 e. The zero-order valence-corrected chi connectivity index (χ0v) is 15.1. The Kier molecular flexibility index (Phi) is 5.27. The summed E-state index contributed by atoms with van der Waals surface area (Å²) in [5.74, 6) is 0.732. The van der Waals surface area contributed by atoms with E-state index in [9.17, 15) is 4.79 Å². The lowest BCUT2D eigenvalue weighted by molar-refractivity contribution is -0.118. The van der Waals surface area contributed by atoms with E-state index in [1.807, 2.05) is 69.3 Å². The maximum Gasteiger partial charge on any atom is 0.262 e. The second-order valence-electron chi connectivity index (χ2n) is 6.24. The number of aryl methyl sites for hydroxylation is 3. The molecule has 0 saturated carbocycles. The monoisotopic (exact) mass is 347 g/mol. The quantitative estimate of drug-likeness (QED) is 0.755. The second-order valence-corrected chi connectivity index (χ2v) is 6.24. The van der Waals surface area contributed by atoms with Crippen LogP contribution in [0.3, 0.4) is 0 Å². The molecule has 0 saturated heterocycles. The molecule has 0 aliphatic carbocycles. The van der Waals surface area contributed by atoms with Gasteiger partial charge in [-0.15, -0.1) is 0 Å². The van der Waals surface area contributed by atoms with Gasteiger partial charge in [-0.1, -0.05) is 42.0 Å². The fraction of sp³-hybridized carbons (Fsp3) is 0.190. The SMILES string of the molecule is Cc1ccc(-c2nc(C)cc(OCC(=O)Nc3cccc(C)c3)n2)cc1. The fourth-order valence-electron chi connectivity index (χ4n) is 2.50. The van der Waals surface area contributed by atoms with Crippen LogP contribution in [0.1, 0.15) is 16.8 Å². The third kappa shape index (κ3) is 4.66. The summed E-state index contributed by atoms with van der Waals surface area (Å²) in [6, 6.07) is 17.3. The summed E-state index contributed by atoms with van der Waals surface area (Å²) in [6.45, 7) is 5.77. The van der Waals surface area contributed by atoms with Crippen molar-refractivity contribution in [2.24, 2.45) is 0 Å². The number of benzene rings is 2. The molecule has 5 nitrogen and oxygen atoms in total. The van der Waals surface area contributed by atoms with Crippen LogP contribution < -0.4 is 10.1 Å². The molecule has 0 unspecified atom stereocenters. The van der Waals surface area contributed by atoms with E-state index in [-0.39, 0.29) is 12.5 Å². The van der Waals surface area contributed by atoms with Crippen molar-refractivity contribution in [1.82, 2.24) is 9.97 Å². The summed E-state index contributed by atoms with van der Waals surface area (Å²) in [5.41, 5.74) is 4.69. The molecule has 0 aliphatic heterocycles. The Morgan fingerprint density at radius 3 is 2.46 bits per heavy atom. The Hall–Kier alpha value is -3.21. The lowest BCUT2D eigenvalue weighted by atomic mass is 10.1. The van der Waals surface area contributed by atoms with Crippen molar-refractivity contribution in [2.45, 2.75) is 20.8 Å². The van der Waals surface area contributed by atoms with Gasteiger partial charge >= 0.3 is 0 Å². The van der Waals surface area contributed by atoms with Crippen LogP contribution in [0.25, 0.3) is 11.4 Å². The van der Waals surface area contributed by atoms with Crippen molar-refractivity contribution in [1.29, 1.82) is 0 Å². The Balaban J connectivity index is 1.68. The van der Waals surface area contributed by atoms with Gasteiger partial charge in [0.2, 0.25) is 5.88 Å². The Morgan fingerprint density at radius 1 is 0.962 bits per heavy atom. The molecule has 26 heavy (non-hydrogen) atoms. The van der Waals surface area contributed by atoms with Crippen LogP contribution in [0.15, 0.2) is 54.6 Å². The molecule has 0 radical (unpaired) electrons. The number of nitrogens with one attached hydrogen (secondary N) is 1. The molecule has 2 aromatic carbocycles. The van der Waals surface area contributed by atoms with Gasteiger partial charge in [-0.2, -0.15) is 4.98 Å².